The van der Waals surface area contributed by atoms with E-state index in [9.17, 15) is 22.8 Å². The number of alkyl halides is 3. The summed E-state index contributed by atoms with van der Waals surface area (Å²) in [7, 11) is 0. The second kappa shape index (κ2) is 11.3. The van der Waals surface area contributed by atoms with Crippen LogP contribution in [0.2, 0.25) is 0 Å². The molecule has 3 aromatic rings. The quantitative estimate of drug-likeness (QED) is 0.471. The Hall–Kier alpha value is -3.83. The maximum Gasteiger partial charge on any atom is 0.573 e. The largest absolute Gasteiger partial charge is 0.573 e. The molecule has 11 heteroatoms. The fourth-order valence-electron chi connectivity index (χ4n) is 3.65. The molecule has 0 radical (unpaired) electrons. The number of ketones is 1. The van der Waals surface area contributed by atoms with E-state index >= 15 is 0 Å². The third-order valence-electron chi connectivity index (χ3n) is 5.40. The molecule has 4 rings (SSSR count). The summed E-state index contributed by atoms with van der Waals surface area (Å²) < 4.78 is 48.0. The number of nitrogens with one attached hydrogen (secondary N) is 1. The molecule has 1 amide bonds. The van der Waals surface area contributed by atoms with E-state index in [1.807, 2.05) is 35.2 Å². The number of hydrogen-bond acceptors (Lipinski definition) is 7. The molecular weight excluding hydrogens is 477 g/mol. The number of ether oxygens (including phenoxy) is 2. The average molecular weight is 500 g/mol. The number of Topliss-reactive ketones (excluding diaryl/α,β-unsaturated/α-hetero) is 1. The highest BCUT2D eigenvalue weighted by Gasteiger charge is 2.32. The van der Waals surface area contributed by atoms with Crippen molar-refractivity contribution in [2.75, 3.05) is 38.2 Å². The maximum atomic E-state index is 12.9. The zero-order chi connectivity index (χ0) is 25.5. The van der Waals surface area contributed by atoms with Gasteiger partial charge in [-0.15, -0.1) is 13.2 Å². The van der Waals surface area contributed by atoms with Crippen molar-refractivity contribution in [3.05, 3.63) is 71.9 Å². The predicted octanol–water partition coefficient (Wildman–Crippen LogP) is 3.74. The Morgan fingerprint density at radius 2 is 1.75 bits per heavy atom. The van der Waals surface area contributed by atoms with E-state index in [1.54, 1.807) is 12.1 Å². The fraction of sp³-hybridized carbons (Fsp3) is 0.280. The highest BCUT2D eigenvalue weighted by molar-refractivity contribution is 6.00. The first kappa shape index (κ1) is 25.3. The standard InChI is InChI=1S/C25H23F3N4O4/c26-25(27,28)36-23-9-6-18(14-21(23)29-24(34)16-32-10-12-35-13-11-32)22(33)15-19-7-8-20(31-30-19)17-4-2-1-3-5-17/h1-9,14H,10-13,15-16H2,(H,29,34). The molecule has 1 saturated heterocycles. The lowest BCUT2D eigenvalue weighted by Gasteiger charge is -2.26. The Balaban J connectivity index is 1.48. The summed E-state index contributed by atoms with van der Waals surface area (Å²) in [4.78, 5) is 27.2. The molecule has 188 valence electrons. The molecule has 8 nitrogen and oxygen atoms in total. The molecule has 2 heterocycles. The van der Waals surface area contributed by atoms with Gasteiger partial charge in [-0.25, -0.2) is 0 Å². The van der Waals surface area contributed by atoms with Gasteiger partial charge in [-0.3, -0.25) is 14.5 Å². The van der Waals surface area contributed by atoms with E-state index in [2.05, 4.69) is 20.3 Å². The molecule has 2 aromatic carbocycles. The molecule has 0 atom stereocenters. The predicted molar refractivity (Wildman–Crippen MR) is 125 cm³/mol. The summed E-state index contributed by atoms with van der Waals surface area (Å²) in [6, 6.07) is 16.2. The summed E-state index contributed by atoms with van der Waals surface area (Å²) in [6.45, 7) is 1.96. The zero-order valence-corrected chi connectivity index (χ0v) is 19.1. The van der Waals surface area contributed by atoms with Crippen LogP contribution in [0.5, 0.6) is 5.75 Å². The van der Waals surface area contributed by atoms with Crippen molar-refractivity contribution in [1.82, 2.24) is 15.1 Å². The summed E-state index contributed by atoms with van der Waals surface area (Å²) in [6.07, 6.45) is -5.09. The van der Waals surface area contributed by atoms with Crippen LogP contribution < -0.4 is 10.1 Å². The third-order valence-corrected chi connectivity index (χ3v) is 5.40. The summed E-state index contributed by atoms with van der Waals surface area (Å²) in [5.74, 6) is -1.55. The monoisotopic (exact) mass is 500 g/mol. The van der Waals surface area contributed by atoms with E-state index in [0.717, 1.165) is 11.6 Å². The molecule has 0 saturated carbocycles. The highest BCUT2D eigenvalue weighted by atomic mass is 19.4. The minimum Gasteiger partial charge on any atom is -0.404 e. The molecule has 0 bridgehead atoms. The van der Waals surface area contributed by atoms with E-state index in [4.69, 9.17) is 4.74 Å². The Morgan fingerprint density at radius 1 is 1.00 bits per heavy atom. The molecule has 0 aliphatic carbocycles. The number of carbonyl (C=O) groups is 2. The molecule has 36 heavy (non-hydrogen) atoms. The van der Waals surface area contributed by atoms with Crippen molar-refractivity contribution in [3.8, 4) is 17.0 Å². The number of amides is 1. The van der Waals surface area contributed by atoms with Crippen molar-refractivity contribution in [1.29, 1.82) is 0 Å². The maximum absolute atomic E-state index is 12.9. The smallest absolute Gasteiger partial charge is 0.404 e. The van der Waals surface area contributed by atoms with E-state index in [-0.39, 0.29) is 24.2 Å². The Kier molecular flexibility index (Phi) is 7.91. The van der Waals surface area contributed by atoms with Crippen LogP contribution in [0, 0.1) is 0 Å². The van der Waals surface area contributed by atoms with E-state index in [0.29, 0.717) is 37.7 Å². The molecule has 1 aliphatic heterocycles. The number of benzene rings is 2. The Labute approximate surface area is 205 Å². The SMILES string of the molecule is O=C(CN1CCOCC1)Nc1cc(C(=O)Cc2ccc(-c3ccccc3)nn2)ccc1OC(F)(F)F. The van der Waals surface area contributed by atoms with Crippen LogP contribution in [0.1, 0.15) is 16.1 Å². The molecular formula is C25H23F3N4O4. The first-order chi connectivity index (χ1) is 17.3. The van der Waals surface area contributed by atoms with Gasteiger partial charge in [-0.1, -0.05) is 30.3 Å². The summed E-state index contributed by atoms with van der Waals surface area (Å²) in [5.41, 5.74) is 1.77. The first-order valence-electron chi connectivity index (χ1n) is 11.2. The van der Waals surface area contributed by atoms with E-state index in [1.165, 1.54) is 12.1 Å². The number of rotatable bonds is 8. The van der Waals surface area contributed by atoms with Crippen molar-refractivity contribution >= 4 is 17.4 Å². The van der Waals surface area contributed by atoms with Gasteiger partial charge < -0.3 is 14.8 Å². The summed E-state index contributed by atoms with van der Waals surface area (Å²) >= 11 is 0. The number of hydrogen-bond donors (Lipinski definition) is 1. The van der Waals surface area contributed by atoms with Gasteiger partial charge in [-0.2, -0.15) is 10.2 Å². The van der Waals surface area contributed by atoms with Crippen LogP contribution in [-0.4, -0.2) is 66.0 Å². The molecule has 1 fully saturated rings. The van der Waals surface area contributed by atoms with Crippen molar-refractivity contribution in [2.24, 2.45) is 0 Å². The minimum absolute atomic E-state index is 0.0314. The molecule has 1 aromatic heterocycles. The van der Waals surface area contributed by atoms with Crippen LogP contribution >= 0.6 is 0 Å². The van der Waals surface area contributed by atoms with Crippen LogP contribution in [0.25, 0.3) is 11.3 Å². The summed E-state index contributed by atoms with van der Waals surface area (Å²) in [5, 5.41) is 10.7. The van der Waals surface area contributed by atoms with Crippen LogP contribution in [-0.2, 0) is 16.0 Å². The number of aromatic nitrogens is 2. The number of nitrogens with zero attached hydrogens (tertiary/aromatic N) is 3. The van der Waals surface area contributed by atoms with Gasteiger partial charge in [0.2, 0.25) is 5.91 Å². The number of carbonyl (C=O) groups excluding carboxylic acids is 2. The number of morpholine rings is 1. The van der Waals surface area contributed by atoms with Gasteiger partial charge in [0, 0.05) is 24.2 Å². The zero-order valence-electron chi connectivity index (χ0n) is 19.1. The lowest BCUT2D eigenvalue weighted by molar-refractivity contribution is -0.274. The minimum atomic E-state index is -4.97. The molecule has 1 N–H and O–H groups in total. The van der Waals surface area contributed by atoms with Crippen molar-refractivity contribution in [2.45, 2.75) is 12.8 Å². The lowest BCUT2D eigenvalue weighted by Crippen LogP contribution is -2.41. The highest BCUT2D eigenvalue weighted by Crippen LogP contribution is 2.31. The second-order valence-electron chi connectivity index (χ2n) is 8.07. The third kappa shape index (κ3) is 7.09. The van der Waals surface area contributed by atoms with Crippen LogP contribution in [0.3, 0.4) is 0 Å². The molecule has 1 aliphatic rings. The van der Waals surface area contributed by atoms with Gasteiger partial charge in [0.15, 0.2) is 11.5 Å². The van der Waals surface area contributed by atoms with E-state index < -0.39 is 23.8 Å². The normalized spacial score (nSPS) is 14.3. The Morgan fingerprint density at radius 3 is 2.42 bits per heavy atom. The number of anilines is 1. The fourth-order valence-corrected chi connectivity index (χ4v) is 3.65. The number of halogens is 3. The van der Waals surface area contributed by atoms with Crippen molar-refractivity contribution in [3.63, 3.8) is 0 Å². The first-order valence-corrected chi connectivity index (χ1v) is 11.2. The average Bonchev–Trinajstić information content (AvgIpc) is 2.86. The van der Waals surface area contributed by atoms with Gasteiger partial charge in [0.25, 0.3) is 0 Å². The molecule has 0 unspecified atom stereocenters. The second-order valence-corrected chi connectivity index (χ2v) is 8.07. The lowest BCUT2D eigenvalue weighted by atomic mass is 10.0. The van der Waals surface area contributed by atoms with Gasteiger partial charge in [-0.05, 0) is 30.3 Å². The van der Waals surface area contributed by atoms with Crippen LogP contribution in [0.15, 0.2) is 60.7 Å². The van der Waals surface area contributed by atoms with Gasteiger partial charge in [0.05, 0.1) is 43.3 Å². The van der Waals surface area contributed by atoms with Gasteiger partial charge >= 0.3 is 6.36 Å². The Bertz CT molecular complexity index is 1200. The molecule has 0 spiro atoms. The van der Waals surface area contributed by atoms with Crippen LogP contribution in [0.4, 0.5) is 18.9 Å². The topological polar surface area (TPSA) is 93.7 Å². The van der Waals surface area contributed by atoms with Crippen molar-refractivity contribution < 1.29 is 32.2 Å². The van der Waals surface area contributed by atoms with Gasteiger partial charge in [0.1, 0.15) is 0 Å².